The number of piperazine rings is 1. The zero-order valence-electron chi connectivity index (χ0n) is 11.2. The second-order valence-electron chi connectivity index (χ2n) is 5.14. The van der Waals surface area contributed by atoms with Crippen molar-refractivity contribution in [2.75, 3.05) is 19.6 Å². The van der Waals surface area contributed by atoms with Crippen LogP contribution in [0.3, 0.4) is 0 Å². The molecule has 1 aliphatic rings. The second-order valence-corrected chi connectivity index (χ2v) is 5.14. The van der Waals surface area contributed by atoms with Gasteiger partial charge in [-0.15, -0.1) is 0 Å². The maximum absolute atomic E-state index is 13.1. The molecule has 1 aliphatic heterocycles. The third-order valence-electron chi connectivity index (χ3n) is 3.85. The van der Waals surface area contributed by atoms with E-state index in [-0.39, 0.29) is 5.82 Å². The molecule has 0 saturated carbocycles. The molecular weight excluding hydrogens is 229 g/mol. The van der Waals surface area contributed by atoms with Crippen LogP contribution in [0.15, 0.2) is 18.5 Å². The van der Waals surface area contributed by atoms with E-state index >= 15 is 0 Å². The molecule has 0 bridgehead atoms. The van der Waals surface area contributed by atoms with Crippen molar-refractivity contribution in [1.29, 1.82) is 0 Å². The Labute approximate surface area is 108 Å². The van der Waals surface area contributed by atoms with E-state index in [1.54, 1.807) is 12.3 Å². The van der Waals surface area contributed by atoms with E-state index in [1.165, 1.54) is 12.6 Å². The predicted molar refractivity (Wildman–Crippen MR) is 70.7 cm³/mol. The summed E-state index contributed by atoms with van der Waals surface area (Å²) in [5.74, 6) is 0.405. The lowest BCUT2D eigenvalue weighted by Gasteiger charge is -2.39. The standard InChI is InChI=1S/C14H22FN3/c1-3-11(2)14-9-16-4-5-18(14)10-12-6-13(15)8-17-7-12/h6-8,11,14,16H,3-5,9-10H2,1-2H3. The first-order valence-electron chi connectivity index (χ1n) is 6.75. The number of hydrogen-bond donors (Lipinski definition) is 1. The van der Waals surface area contributed by atoms with Crippen LogP contribution < -0.4 is 5.32 Å². The number of hydrogen-bond acceptors (Lipinski definition) is 3. The van der Waals surface area contributed by atoms with Gasteiger partial charge in [0.1, 0.15) is 5.82 Å². The Morgan fingerprint density at radius 2 is 2.39 bits per heavy atom. The summed E-state index contributed by atoms with van der Waals surface area (Å²) in [4.78, 5) is 6.37. The van der Waals surface area contributed by atoms with Gasteiger partial charge in [0.2, 0.25) is 0 Å². The van der Waals surface area contributed by atoms with E-state index in [1.807, 2.05) is 0 Å². The van der Waals surface area contributed by atoms with E-state index in [4.69, 9.17) is 0 Å². The van der Waals surface area contributed by atoms with Gasteiger partial charge in [0.05, 0.1) is 6.20 Å². The van der Waals surface area contributed by atoms with Crippen LogP contribution in [0.5, 0.6) is 0 Å². The molecule has 1 N–H and O–H groups in total. The highest BCUT2D eigenvalue weighted by Gasteiger charge is 2.26. The molecule has 2 unspecified atom stereocenters. The Morgan fingerprint density at radius 3 is 3.11 bits per heavy atom. The zero-order valence-corrected chi connectivity index (χ0v) is 11.2. The van der Waals surface area contributed by atoms with Gasteiger partial charge in [0, 0.05) is 38.4 Å². The van der Waals surface area contributed by atoms with Gasteiger partial charge < -0.3 is 5.32 Å². The summed E-state index contributed by atoms with van der Waals surface area (Å²) in [5, 5.41) is 3.45. The maximum atomic E-state index is 13.1. The fourth-order valence-electron chi connectivity index (χ4n) is 2.57. The van der Waals surface area contributed by atoms with Gasteiger partial charge in [-0.3, -0.25) is 9.88 Å². The summed E-state index contributed by atoms with van der Waals surface area (Å²) in [6, 6.07) is 2.12. The molecule has 100 valence electrons. The van der Waals surface area contributed by atoms with Crippen molar-refractivity contribution in [2.24, 2.45) is 5.92 Å². The topological polar surface area (TPSA) is 28.2 Å². The van der Waals surface area contributed by atoms with Crippen LogP contribution in [-0.4, -0.2) is 35.6 Å². The molecular formula is C14H22FN3. The fourth-order valence-corrected chi connectivity index (χ4v) is 2.57. The lowest BCUT2D eigenvalue weighted by Crippen LogP contribution is -2.53. The summed E-state index contributed by atoms with van der Waals surface area (Å²) in [5.41, 5.74) is 0.963. The molecule has 1 aromatic heterocycles. The van der Waals surface area contributed by atoms with Gasteiger partial charge in [-0.1, -0.05) is 20.3 Å². The van der Waals surface area contributed by atoms with Crippen LogP contribution in [0.1, 0.15) is 25.8 Å². The highest BCUT2D eigenvalue weighted by molar-refractivity contribution is 5.10. The van der Waals surface area contributed by atoms with Crippen LogP contribution in [0.2, 0.25) is 0 Å². The number of nitrogens with zero attached hydrogens (tertiary/aromatic N) is 2. The van der Waals surface area contributed by atoms with Gasteiger partial charge in [-0.2, -0.15) is 0 Å². The maximum Gasteiger partial charge on any atom is 0.141 e. The van der Waals surface area contributed by atoms with Gasteiger partial charge in [-0.25, -0.2) is 4.39 Å². The quantitative estimate of drug-likeness (QED) is 0.887. The van der Waals surface area contributed by atoms with Crippen molar-refractivity contribution < 1.29 is 4.39 Å². The van der Waals surface area contributed by atoms with Gasteiger partial charge >= 0.3 is 0 Å². The Hall–Kier alpha value is -1.00. The summed E-state index contributed by atoms with van der Waals surface area (Å²) in [7, 11) is 0. The van der Waals surface area contributed by atoms with E-state index in [2.05, 4.69) is 29.0 Å². The Balaban J connectivity index is 2.05. The van der Waals surface area contributed by atoms with E-state index in [0.29, 0.717) is 12.0 Å². The molecule has 1 saturated heterocycles. The van der Waals surface area contributed by atoms with Crippen LogP contribution in [0.25, 0.3) is 0 Å². The average molecular weight is 251 g/mol. The average Bonchev–Trinajstić information content (AvgIpc) is 2.38. The van der Waals surface area contributed by atoms with Crippen molar-refractivity contribution in [3.8, 4) is 0 Å². The van der Waals surface area contributed by atoms with Crippen molar-refractivity contribution in [3.63, 3.8) is 0 Å². The van der Waals surface area contributed by atoms with E-state index in [9.17, 15) is 4.39 Å². The van der Waals surface area contributed by atoms with E-state index in [0.717, 1.165) is 31.7 Å². The third-order valence-corrected chi connectivity index (χ3v) is 3.85. The monoisotopic (exact) mass is 251 g/mol. The van der Waals surface area contributed by atoms with Crippen molar-refractivity contribution in [1.82, 2.24) is 15.2 Å². The third kappa shape index (κ3) is 3.27. The first kappa shape index (κ1) is 13.4. The minimum atomic E-state index is -0.247. The molecule has 1 aromatic rings. The molecule has 0 aromatic carbocycles. The Morgan fingerprint density at radius 1 is 1.56 bits per heavy atom. The second kappa shape index (κ2) is 6.25. The predicted octanol–water partition coefficient (Wildman–Crippen LogP) is 2.04. The number of rotatable bonds is 4. The first-order chi connectivity index (χ1) is 8.70. The summed E-state index contributed by atoms with van der Waals surface area (Å²) in [6.07, 6.45) is 4.19. The lowest BCUT2D eigenvalue weighted by atomic mass is 9.95. The normalized spacial score (nSPS) is 22.9. The number of aromatic nitrogens is 1. The molecule has 2 atom stereocenters. The molecule has 0 amide bonds. The molecule has 2 heterocycles. The Bertz CT molecular complexity index is 383. The Kier molecular flexibility index (Phi) is 4.66. The van der Waals surface area contributed by atoms with Crippen LogP contribution in [0.4, 0.5) is 4.39 Å². The minimum absolute atomic E-state index is 0.247. The summed E-state index contributed by atoms with van der Waals surface area (Å²) in [6.45, 7) is 8.36. The number of pyridine rings is 1. The zero-order chi connectivity index (χ0) is 13.0. The first-order valence-corrected chi connectivity index (χ1v) is 6.75. The minimum Gasteiger partial charge on any atom is -0.314 e. The number of halogens is 1. The van der Waals surface area contributed by atoms with Gasteiger partial charge in [0.15, 0.2) is 0 Å². The lowest BCUT2D eigenvalue weighted by molar-refractivity contribution is 0.109. The molecule has 1 fully saturated rings. The summed E-state index contributed by atoms with van der Waals surface area (Å²) < 4.78 is 13.1. The fraction of sp³-hybridized carbons (Fsp3) is 0.643. The summed E-state index contributed by atoms with van der Waals surface area (Å²) >= 11 is 0. The SMILES string of the molecule is CCC(C)C1CNCCN1Cc1cncc(F)c1. The highest BCUT2D eigenvalue weighted by Crippen LogP contribution is 2.18. The van der Waals surface area contributed by atoms with Crippen molar-refractivity contribution in [3.05, 3.63) is 29.8 Å². The van der Waals surface area contributed by atoms with E-state index < -0.39 is 0 Å². The molecule has 0 spiro atoms. The smallest absolute Gasteiger partial charge is 0.141 e. The molecule has 3 nitrogen and oxygen atoms in total. The molecule has 0 aliphatic carbocycles. The van der Waals surface area contributed by atoms with Crippen LogP contribution in [0, 0.1) is 11.7 Å². The van der Waals surface area contributed by atoms with Crippen molar-refractivity contribution >= 4 is 0 Å². The largest absolute Gasteiger partial charge is 0.314 e. The van der Waals surface area contributed by atoms with Crippen molar-refractivity contribution in [2.45, 2.75) is 32.9 Å². The molecule has 18 heavy (non-hydrogen) atoms. The van der Waals surface area contributed by atoms with Crippen LogP contribution in [-0.2, 0) is 6.54 Å². The van der Waals surface area contributed by atoms with Gasteiger partial charge in [-0.05, 0) is 17.5 Å². The van der Waals surface area contributed by atoms with Gasteiger partial charge in [0.25, 0.3) is 0 Å². The molecule has 4 heteroatoms. The van der Waals surface area contributed by atoms with Crippen LogP contribution >= 0.6 is 0 Å². The highest BCUT2D eigenvalue weighted by atomic mass is 19.1. The molecule has 2 rings (SSSR count). The molecule has 0 radical (unpaired) electrons. The number of nitrogens with one attached hydrogen (secondary N) is 1.